The highest BCUT2D eigenvalue weighted by Gasteiger charge is 2.43. The SMILES string of the molecule is CC(=O)OC[C@H]1OC(O)C(O)[C@@H](O)C1O. The second-order valence-electron chi connectivity index (χ2n) is 3.34. The molecule has 3 unspecified atom stereocenters. The average Bonchev–Trinajstić information content (AvgIpc) is 2.18. The number of carbonyl (C=O) groups is 1. The fourth-order valence-electron chi connectivity index (χ4n) is 1.27. The molecule has 1 aliphatic heterocycles. The molecule has 0 aromatic carbocycles. The van der Waals surface area contributed by atoms with Gasteiger partial charge in [0.15, 0.2) is 6.29 Å². The molecule has 5 atom stereocenters. The first-order valence-corrected chi connectivity index (χ1v) is 4.44. The molecule has 0 bridgehead atoms. The number of rotatable bonds is 2. The number of aliphatic hydroxyl groups is 4. The third-order valence-electron chi connectivity index (χ3n) is 2.14. The predicted octanol–water partition coefficient (Wildman–Crippen LogP) is -2.65. The van der Waals surface area contributed by atoms with Crippen LogP contribution in [0.5, 0.6) is 0 Å². The molecule has 0 aromatic rings. The van der Waals surface area contributed by atoms with Crippen LogP contribution >= 0.6 is 0 Å². The summed E-state index contributed by atoms with van der Waals surface area (Å²) in [6.07, 6.45) is -7.18. The molecule has 1 saturated heterocycles. The van der Waals surface area contributed by atoms with E-state index in [2.05, 4.69) is 4.74 Å². The van der Waals surface area contributed by atoms with Gasteiger partial charge in [0, 0.05) is 6.92 Å². The standard InChI is InChI=1S/C8H14O7/c1-3(9)14-2-4-5(10)6(11)7(12)8(13)15-4/h4-8,10-13H,2H2,1H3/t4-,5?,6+,7?,8?/m1/s1. The Bertz CT molecular complexity index is 231. The van der Waals surface area contributed by atoms with Crippen molar-refractivity contribution < 1.29 is 34.7 Å². The summed E-state index contributed by atoms with van der Waals surface area (Å²) in [5, 5.41) is 36.9. The zero-order valence-corrected chi connectivity index (χ0v) is 8.11. The Kier molecular flexibility index (Phi) is 4.00. The maximum Gasteiger partial charge on any atom is 0.302 e. The van der Waals surface area contributed by atoms with Gasteiger partial charge in [0.2, 0.25) is 0 Å². The van der Waals surface area contributed by atoms with Crippen molar-refractivity contribution in [3.8, 4) is 0 Å². The minimum atomic E-state index is -1.61. The van der Waals surface area contributed by atoms with Crippen molar-refractivity contribution in [1.82, 2.24) is 0 Å². The van der Waals surface area contributed by atoms with Crippen LogP contribution in [0.4, 0.5) is 0 Å². The smallest absolute Gasteiger partial charge is 0.302 e. The Morgan fingerprint density at radius 1 is 1.20 bits per heavy atom. The first-order valence-electron chi connectivity index (χ1n) is 4.44. The molecule has 0 aromatic heterocycles. The number of esters is 1. The van der Waals surface area contributed by atoms with Gasteiger partial charge in [-0.25, -0.2) is 0 Å². The van der Waals surface area contributed by atoms with E-state index in [0.717, 1.165) is 0 Å². The van der Waals surface area contributed by atoms with Crippen LogP contribution < -0.4 is 0 Å². The quantitative estimate of drug-likeness (QED) is 0.377. The van der Waals surface area contributed by atoms with Crippen molar-refractivity contribution in [3.05, 3.63) is 0 Å². The van der Waals surface area contributed by atoms with Crippen molar-refractivity contribution in [1.29, 1.82) is 0 Å². The van der Waals surface area contributed by atoms with Crippen LogP contribution in [0, 0.1) is 0 Å². The van der Waals surface area contributed by atoms with E-state index in [-0.39, 0.29) is 6.61 Å². The fourth-order valence-corrected chi connectivity index (χ4v) is 1.27. The number of aliphatic hydroxyl groups excluding tert-OH is 4. The molecule has 0 saturated carbocycles. The molecule has 1 aliphatic rings. The maximum absolute atomic E-state index is 10.5. The first-order chi connectivity index (χ1) is 6.93. The van der Waals surface area contributed by atoms with Crippen molar-refractivity contribution in [2.75, 3.05) is 6.61 Å². The molecule has 1 rings (SSSR count). The van der Waals surface area contributed by atoms with Gasteiger partial charge in [0.25, 0.3) is 0 Å². The lowest BCUT2D eigenvalue weighted by Crippen LogP contribution is -2.58. The molecule has 0 amide bonds. The van der Waals surface area contributed by atoms with Gasteiger partial charge in [-0.15, -0.1) is 0 Å². The van der Waals surface area contributed by atoms with Crippen LogP contribution in [0.2, 0.25) is 0 Å². The largest absolute Gasteiger partial charge is 0.463 e. The minimum absolute atomic E-state index is 0.294. The van der Waals surface area contributed by atoms with Crippen molar-refractivity contribution in [3.63, 3.8) is 0 Å². The van der Waals surface area contributed by atoms with E-state index in [1.807, 2.05) is 0 Å². The zero-order valence-electron chi connectivity index (χ0n) is 8.11. The normalized spacial score (nSPS) is 41.3. The van der Waals surface area contributed by atoms with E-state index in [1.165, 1.54) is 6.92 Å². The Morgan fingerprint density at radius 3 is 2.33 bits per heavy atom. The molecular weight excluding hydrogens is 208 g/mol. The number of hydrogen-bond acceptors (Lipinski definition) is 7. The highest BCUT2D eigenvalue weighted by atomic mass is 16.6. The molecule has 0 radical (unpaired) electrons. The molecule has 15 heavy (non-hydrogen) atoms. The molecule has 7 nitrogen and oxygen atoms in total. The molecule has 88 valence electrons. The predicted molar refractivity (Wildman–Crippen MR) is 45.5 cm³/mol. The topological polar surface area (TPSA) is 116 Å². The summed E-state index contributed by atoms with van der Waals surface area (Å²) in [7, 11) is 0. The molecular formula is C8H14O7. The van der Waals surface area contributed by atoms with Crippen LogP contribution in [0.25, 0.3) is 0 Å². The lowest BCUT2D eigenvalue weighted by molar-refractivity contribution is -0.287. The van der Waals surface area contributed by atoms with Gasteiger partial charge < -0.3 is 29.9 Å². The van der Waals surface area contributed by atoms with Crippen LogP contribution in [0.15, 0.2) is 0 Å². The summed E-state index contributed by atoms with van der Waals surface area (Å²) >= 11 is 0. The summed E-state index contributed by atoms with van der Waals surface area (Å²) in [6, 6.07) is 0. The molecule has 0 aliphatic carbocycles. The van der Waals surface area contributed by atoms with E-state index in [4.69, 9.17) is 14.9 Å². The minimum Gasteiger partial charge on any atom is -0.463 e. The Labute approximate surface area is 85.9 Å². The summed E-state index contributed by atoms with van der Waals surface area (Å²) in [4.78, 5) is 10.5. The third-order valence-corrected chi connectivity index (χ3v) is 2.14. The highest BCUT2D eigenvalue weighted by Crippen LogP contribution is 2.19. The summed E-state index contributed by atoms with van der Waals surface area (Å²) in [6.45, 7) is 0.883. The van der Waals surface area contributed by atoms with Crippen LogP contribution in [0.1, 0.15) is 6.92 Å². The van der Waals surface area contributed by atoms with Crippen LogP contribution in [-0.2, 0) is 14.3 Å². The fraction of sp³-hybridized carbons (Fsp3) is 0.875. The number of hydrogen-bond donors (Lipinski definition) is 4. The van der Waals surface area contributed by atoms with Crippen LogP contribution in [-0.4, -0.2) is 63.7 Å². The lowest BCUT2D eigenvalue weighted by atomic mass is 9.99. The lowest BCUT2D eigenvalue weighted by Gasteiger charge is -2.37. The van der Waals surface area contributed by atoms with E-state index >= 15 is 0 Å². The monoisotopic (exact) mass is 222 g/mol. The Morgan fingerprint density at radius 2 is 1.80 bits per heavy atom. The van der Waals surface area contributed by atoms with E-state index in [9.17, 15) is 15.0 Å². The average molecular weight is 222 g/mol. The molecule has 0 spiro atoms. The van der Waals surface area contributed by atoms with Gasteiger partial charge >= 0.3 is 5.97 Å². The van der Waals surface area contributed by atoms with Crippen LogP contribution in [0.3, 0.4) is 0 Å². The maximum atomic E-state index is 10.5. The van der Waals surface area contributed by atoms with Gasteiger partial charge in [-0.05, 0) is 0 Å². The Balaban J connectivity index is 2.54. The number of ether oxygens (including phenoxy) is 2. The highest BCUT2D eigenvalue weighted by molar-refractivity contribution is 5.65. The summed E-state index contributed by atoms with van der Waals surface area (Å²) in [5.74, 6) is -0.569. The van der Waals surface area contributed by atoms with Crippen molar-refractivity contribution >= 4 is 5.97 Å². The van der Waals surface area contributed by atoms with E-state index in [0.29, 0.717) is 0 Å². The van der Waals surface area contributed by atoms with Gasteiger partial charge in [-0.2, -0.15) is 0 Å². The Hall–Kier alpha value is -0.730. The van der Waals surface area contributed by atoms with Gasteiger partial charge in [0.1, 0.15) is 31.0 Å². The molecule has 7 heteroatoms. The third kappa shape index (κ3) is 2.86. The van der Waals surface area contributed by atoms with E-state index < -0.39 is 36.7 Å². The van der Waals surface area contributed by atoms with Gasteiger partial charge in [0.05, 0.1) is 0 Å². The van der Waals surface area contributed by atoms with E-state index in [1.54, 1.807) is 0 Å². The summed E-state index contributed by atoms with van der Waals surface area (Å²) < 4.78 is 9.31. The zero-order chi connectivity index (χ0) is 11.6. The second-order valence-corrected chi connectivity index (χ2v) is 3.34. The molecule has 1 heterocycles. The first kappa shape index (κ1) is 12.3. The van der Waals surface area contributed by atoms with Gasteiger partial charge in [-0.3, -0.25) is 4.79 Å². The second kappa shape index (κ2) is 4.86. The molecule has 4 N–H and O–H groups in total. The van der Waals surface area contributed by atoms with Crippen molar-refractivity contribution in [2.45, 2.75) is 37.6 Å². The number of carbonyl (C=O) groups excluding carboxylic acids is 1. The molecule has 1 fully saturated rings. The van der Waals surface area contributed by atoms with Crippen molar-refractivity contribution in [2.24, 2.45) is 0 Å². The van der Waals surface area contributed by atoms with Gasteiger partial charge in [-0.1, -0.05) is 0 Å². The summed E-state index contributed by atoms with van der Waals surface area (Å²) in [5.41, 5.74) is 0.